The summed E-state index contributed by atoms with van der Waals surface area (Å²) < 4.78 is 14.3. The second-order valence-corrected chi connectivity index (χ2v) is 6.94. The number of carbonyl (C=O) groups excluding carboxylic acids is 3. The number of benzene rings is 2. The molecule has 4 amide bonds. The summed E-state index contributed by atoms with van der Waals surface area (Å²) in [6, 6.07) is 12.6. The van der Waals surface area contributed by atoms with Crippen LogP contribution in [0.5, 0.6) is 0 Å². The minimum absolute atomic E-state index is 0.0194. The third-order valence-corrected chi connectivity index (χ3v) is 4.52. The van der Waals surface area contributed by atoms with E-state index in [1.165, 1.54) is 12.1 Å². The quantitative estimate of drug-likeness (QED) is 0.213. The van der Waals surface area contributed by atoms with E-state index in [4.69, 9.17) is 5.21 Å². The van der Waals surface area contributed by atoms with Crippen molar-refractivity contribution in [3.63, 3.8) is 0 Å². The van der Waals surface area contributed by atoms with Crippen LogP contribution in [0.1, 0.15) is 48.0 Å². The molecule has 2 aromatic carbocycles. The molecule has 31 heavy (non-hydrogen) atoms. The number of hydroxylamine groups is 1. The summed E-state index contributed by atoms with van der Waals surface area (Å²) in [7, 11) is 0. The number of anilines is 1. The number of nitrogens with one attached hydrogen (secondary N) is 4. The van der Waals surface area contributed by atoms with Gasteiger partial charge in [-0.1, -0.05) is 43.2 Å². The highest BCUT2D eigenvalue weighted by Crippen LogP contribution is 2.16. The summed E-state index contributed by atoms with van der Waals surface area (Å²) in [5, 5.41) is 16.2. The molecule has 0 aliphatic rings. The van der Waals surface area contributed by atoms with Crippen LogP contribution in [0.3, 0.4) is 0 Å². The largest absolute Gasteiger partial charge is 0.352 e. The van der Waals surface area contributed by atoms with Crippen molar-refractivity contribution in [3.05, 3.63) is 65.5 Å². The lowest BCUT2D eigenvalue weighted by Gasteiger charge is -2.10. The van der Waals surface area contributed by atoms with Gasteiger partial charge in [0.05, 0.1) is 5.69 Å². The maximum atomic E-state index is 14.3. The van der Waals surface area contributed by atoms with Crippen LogP contribution >= 0.6 is 0 Å². The van der Waals surface area contributed by atoms with Gasteiger partial charge in [-0.3, -0.25) is 14.8 Å². The summed E-state index contributed by atoms with van der Waals surface area (Å²) in [5.41, 5.74) is 2.64. The molecular weight excluding hydrogens is 403 g/mol. The van der Waals surface area contributed by atoms with Crippen molar-refractivity contribution in [2.45, 2.75) is 38.6 Å². The second-order valence-electron chi connectivity index (χ2n) is 6.94. The van der Waals surface area contributed by atoms with E-state index in [0.29, 0.717) is 19.5 Å². The number of hydrogen-bond donors (Lipinski definition) is 5. The number of urea groups is 1. The van der Waals surface area contributed by atoms with Gasteiger partial charge in [0.15, 0.2) is 0 Å². The van der Waals surface area contributed by atoms with Crippen LogP contribution in [0.4, 0.5) is 14.9 Å². The Bertz CT molecular complexity index is 877. The molecule has 166 valence electrons. The van der Waals surface area contributed by atoms with E-state index in [2.05, 4.69) is 16.0 Å². The second kappa shape index (κ2) is 13.0. The summed E-state index contributed by atoms with van der Waals surface area (Å²) in [5.74, 6) is -1.52. The van der Waals surface area contributed by atoms with E-state index in [1.807, 2.05) is 30.3 Å². The predicted molar refractivity (Wildman–Crippen MR) is 114 cm³/mol. The normalized spacial score (nSPS) is 10.3. The molecule has 0 bridgehead atoms. The van der Waals surface area contributed by atoms with Gasteiger partial charge < -0.3 is 16.0 Å². The standard InChI is InChI=1S/C22H27FN4O4/c23-18-14-17(21(29)24-13-7-2-1-6-10-20(28)27-31)11-12-19(18)26-22(30)25-15-16-8-4-3-5-9-16/h3-5,8-9,11-12,14,31H,1-2,6-7,10,13,15H2,(H,24,29)(H,27,28)(H2,25,26,30). The van der Waals surface area contributed by atoms with Gasteiger partial charge in [-0.25, -0.2) is 14.7 Å². The Hall–Kier alpha value is -3.46. The molecule has 9 heteroatoms. The van der Waals surface area contributed by atoms with Crippen LogP contribution in [0, 0.1) is 5.82 Å². The van der Waals surface area contributed by atoms with E-state index in [-0.39, 0.29) is 17.7 Å². The third-order valence-electron chi connectivity index (χ3n) is 4.52. The van der Waals surface area contributed by atoms with Gasteiger partial charge in [-0.05, 0) is 36.6 Å². The fourth-order valence-electron chi connectivity index (χ4n) is 2.83. The van der Waals surface area contributed by atoms with Gasteiger partial charge in [0, 0.05) is 25.1 Å². The van der Waals surface area contributed by atoms with Crippen molar-refractivity contribution in [2.75, 3.05) is 11.9 Å². The zero-order valence-corrected chi connectivity index (χ0v) is 17.1. The van der Waals surface area contributed by atoms with Gasteiger partial charge >= 0.3 is 6.03 Å². The molecule has 8 nitrogen and oxygen atoms in total. The van der Waals surface area contributed by atoms with E-state index in [9.17, 15) is 18.8 Å². The Kier molecular flexibility index (Phi) is 9.96. The van der Waals surface area contributed by atoms with Gasteiger partial charge in [0.25, 0.3) is 5.91 Å². The van der Waals surface area contributed by atoms with E-state index in [0.717, 1.165) is 30.9 Å². The number of hydrogen-bond acceptors (Lipinski definition) is 4. The third kappa shape index (κ3) is 8.83. The lowest BCUT2D eigenvalue weighted by atomic mass is 10.1. The molecule has 0 fully saturated rings. The molecule has 0 aliphatic heterocycles. The number of unbranched alkanes of at least 4 members (excludes halogenated alkanes) is 3. The van der Waals surface area contributed by atoms with Crippen LogP contribution in [-0.2, 0) is 11.3 Å². The van der Waals surface area contributed by atoms with Crippen molar-refractivity contribution in [1.29, 1.82) is 0 Å². The first-order valence-electron chi connectivity index (χ1n) is 10.1. The Balaban J connectivity index is 1.71. The highest BCUT2D eigenvalue weighted by molar-refractivity contribution is 5.95. The number of halogens is 1. The molecule has 0 saturated heterocycles. The Morgan fingerprint density at radius 1 is 0.903 bits per heavy atom. The number of rotatable bonds is 11. The average molecular weight is 430 g/mol. The van der Waals surface area contributed by atoms with Crippen LogP contribution in [0.2, 0.25) is 0 Å². The Morgan fingerprint density at radius 2 is 1.65 bits per heavy atom. The highest BCUT2D eigenvalue weighted by atomic mass is 19.1. The highest BCUT2D eigenvalue weighted by Gasteiger charge is 2.11. The molecule has 0 saturated carbocycles. The van der Waals surface area contributed by atoms with Gasteiger partial charge in [0.2, 0.25) is 5.91 Å². The monoisotopic (exact) mass is 430 g/mol. The maximum Gasteiger partial charge on any atom is 0.319 e. The molecule has 0 unspecified atom stereocenters. The predicted octanol–water partition coefficient (Wildman–Crippen LogP) is 3.33. The summed E-state index contributed by atoms with van der Waals surface area (Å²) in [6.45, 7) is 0.734. The molecule has 2 rings (SSSR count). The smallest absolute Gasteiger partial charge is 0.319 e. The minimum Gasteiger partial charge on any atom is -0.352 e. The lowest BCUT2D eigenvalue weighted by Crippen LogP contribution is -2.28. The van der Waals surface area contributed by atoms with E-state index in [1.54, 1.807) is 5.48 Å². The van der Waals surface area contributed by atoms with Crippen molar-refractivity contribution in [3.8, 4) is 0 Å². The fourth-order valence-corrected chi connectivity index (χ4v) is 2.83. The minimum atomic E-state index is -0.704. The van der Waals surface area contributed by atoms with Crippen LogP contribution in [-0.4, -0.2) is 29.6 Å². The van der Waals surface area contributed by atoms with Crippen LogP contribution in [0.15, 0.2) is 48.5 Å². The Labute approximate surface area is 180 Å². The summed E-state index contributed by atoms with van der Waals surface area (Å²) in [6.07, 6.45) is 3.24. The first-order chi connectivity index (χ1) is 15.0. The Morgan fingerprint density at radius 3 is 2.35 bits per heavy atom. The molecular formula is C22H27FN4O4. The summed E-state index contributed by atoms with van der Waals surface area (Å²) >= 11 is 0. The SMILES string of the molecule is O=C(CCCCCCNC(=O)c1ccc(NC(=O)NCc2ccccc2)c(F)c1)NO. The van der Waals surface area contributed by atoms with Gasteiger partial charge in [-0.15, -0.1) is 0 Å². The molecule has 2 aromatic rings. The first kappa shape index (κ1) is 23.8. The van der Waals surface area contributed by atoms with Crippen molar-refractivity contribution in [2.24, 2.45) is 0 Å². The zero-order chi connectivity index (χ0) is 22.5. The zero-order valence-electron chi connectivity index (χ0n) is 17.1. The van der Waals surface area contributed by atoms with Gasteiger partial charge in [-0.2, -0.15) is 0 Å². The van der Waals surface area contributed by atoms with Crippen molar-refractivity contribution >= 4 is 23.5 Å². The molecule has 0 spiro atoms. The lowest BCUT2D eigenvalue weighted by molar-refractivity contribution is -0.129. The molecule has 0 atom stereocenters. The molecule has 5 N–H and O–H groups in total. The van der Waals surface area contributed by atoms with Crippen LogP contribution < -0.4 is 21.4 Å². The molecule has 0 heterocycles. The van der Waals surface area contributed by atoms with Crippen LogP contribution in [0.25, 0.3) is 0 Å². The van der Waals surface area contributed by atoms with E-state index >= 15 is 0 Å². The maximum absolute atomic E-state index is 14.3. The average Bonchev–Trinajstić information content (AvgIpc) is 2.78. The van der Waals surface area contributed by atoms with Crippen molar-refractivity contribution < 1.29 is 24.0 Å². The topological polar surface area (TPSA) is 120 Å². The summed E-state index contributed by atoms with van der Waals surface area (Å²) in [4.78, 5) is 35.0. The van der Waals surface area contributed by atoms with Crippen molar-refractivity contribution in [1.82, 2.24) is 16.1 Å². The first-order valence-corrected chi connectivity index (χ1v) is 10.1. The number of amides is 4. The number of carbonyl (C=O) groups is 3. The fraction of sp³-hybridized carbons (Fsp3) is 0.318. The molecule has 0 radical (unpaired) electrons. The molecule has 0 aliphatic carbocycles. The van der Waals surface area contributed by atoms with E-state index < -0.39 is 23.7 Å². The van der Waals surface area contributed by atoms with Gasteiger partial charge in [0.1, 0.15) is 5.82 Å². The molecule has 0 aromatic heterocycles.